The maximum Gasteiger partial charge on any atom is 0.110 e. The highest BCUT2D eigenvalue weighted by molar-refractivity contribution is 5.98. The normalized spacial score (nSPS) is 10.8. The second-order valence-corrected chi connectivity index (χ2v) is 4.73. The zero-order valence-electron chi connectivity index (χ0n) is 11.4. The van der Waals surface area contributed by atoms with E-state index in [1.807, 2.05) is 48.3 Å². The number of aryl methyl sites for hydroxylation is 1. The maximum absolute atomic E-state index is 5.97. The first-order valence-electron chi connectivity index (χ1n) is 6.59. The van der Waals surface area contributed by atoms with Crippen LogP contribution in [0.4, 0.5) is 11.4 Å². The highest BCUT2D eigenvalue weighted by Gasteiger charge is 2.05. The molecule has 0 aliphatic carbocycles. The van der Waals surface area contributed by atoms with Crippen LogP contribution in [0.5, 0.6) is 0 Å². The number of fused-ring (bicyclic) bond motifs is 1. The Morgan fingerprint density at radius 1 is 1.20 bits per heavy atom. The minimum atomic E-state index is 0.753. The molecule has 3 N–H and O–H groups in total. The van der Waals surface area contributed by atoms with E-state index in [1.165, 1.54) is 0 Å². The van der Waals surface area contributed by atoms with Crippen LogP contribution in [-0.2, 0) is 13.5 Å². The molecule has 5 nitrogen and oxygen atoms in total. The van der Waals surface area contributed by atoms with E-state index in [-0.39, 0.29) is 0 Å². The summed E-state index contributed by atoms with van der Waals surface area (Å²) in [5, 5.41) is 4.39. The highest BCUT2D eigenvalue weighted by Crippen LogP contribution is 2.26. The first kappa shape index (κ1) is 12.5. The van der Waals surface area contributed by atoms with Crippen molar-refractivity contribution in [1.82, 2.24) is 14.5 Å². The summed E-state index contributed by atoms with van der Waals surface area (Å²) in [6.45, 7) is 0.806. The van der Waals surface area contributed by atoms with Gasteiger partial charge in [-0.25, -0.2) is 4.98 Å². The Labute approximate surface area is 117 Å². The van der Waals surface area contributed by atoms with Gasteiger partial charge in [0.1, 0.15) is 5.82 Å². The Morgan fingerprint density at radius 3 is 2.90 bits per heavy atom. The van der Waals surface area contributed by atoms with E-state index in [1.54, 1.807) is 6.20 Å². The van der Waals surface area contributed by atoms with Gasteiger partial charge in [0.2, 0.25) is 0 Å². The number of nitrogens with two attached hydrogens (primary N) is 1. The van der Waals surface area contributed by atoms with Gasteiger partial charge in [0.25, 0.3) is 0 Å². The van der Waals surface area contributed by atoms with Crippen LogP contribution in [-0.4, -0.2) is 21.1 Å². The van der Waals surface area contributed by atoms with Crippen molar-refractivity contribution < 1.29 is 0 Å². The molecule has 0 spiro atoms. The number of imidazole rings is 1. The fourth-order valence-corrected chi connectivity index (χ4v) is 2.28. The summed E-state index contributed by atoms with van der Waals surface area (Å²) in [5.74, 6) is 1.06. The van der Waals surface area contributed by atoms with Gasteiger partial charge >= 0.3 is 0 Å². The molecule has 0 unspecified atom stereocenters. The molecule has 102 valence electrons. The third-order valence-corrected chi connectivity index (χ3v) is 3.39. The minimum Gasteiger partial charge on any atom is -0.398 e. The molecule has 0 aliphatic rings. The maximum atomic E-state index is 5.97. The summed E-state index contributed by atoms with van der Waals surface area (Å²) < 4.78 is 2.03. The van der Waals surface area contributed by atoms with Crippen LogP contribution < -0.4 is 11.1 Å². The van der Waals surface area contributed by atoms with Crippen LogP contribution in [0.2, 0.25) is 0 Å². The van der Waals surface area contributed by atoms with Crippen molar-refractivity contribution in [3.8, 4) is 0 Å². The van der Waals surface area contributed by atoms with Gasteiger partial charge in [-0.2, -0.15) is 0 Å². The standard InChI is InChI=1S/C15H17N5/c1-20-10-9-18-14(20)6-8-17-13-5-4-12(16)11-3-2-7-19-15(11)13/h2-5,7,9-10,17H,6,8,16H2,1H3. The van der Waals surface area contributed by atoms with Gasteiger partial charge in [0.05, 0.1) is 11.2 Å². The summed E-state index contributed by atoms with van der Waals surface area (Å²) in [7, 11) is 2.00. The van der Waals surface area contributed by atoms with Crippen LogP contribution in [0.3, 0.4) is 0 Å². The first-order chi connectivity index (χ1) is 9.75. The van der Waals surface area contributed by atoms with Crippen LogP contribution in [0, 0.1) is 0 Å². The van der Waals surface area contributed by atoms with Crippen LogP contribution in [0.1, 0.15) is 5.82 Å². The summed E-state index contributed by atoms with van der Waals surface area (Å²) in [4.78, 5) is 8.72. The average Bonchev–Trinajstić information content (AvgIpc) is 2.87. The van der Waals surface area contributed by atoms with Crippen molar-refractivity contribution in [3.63, 3.8) is 0 Å². The first-order valence-corrected chi connectivity index (χ1v) is 6.59. The molecule has 0 saturated heterocycles. The summed E-state index contributed by atoms with van der Waals surface area (Å²) in [6.07, 6.45) is 6.42. The molecule has 0 fully saturated rings. The molecule has 3 aromatic rings. The fourth-order valence-electron chi connectivity index (χ4n) is 2.28. The zero-order valence-corrected chi connectivity index (χ0v) is 11.4. The molecule has 0 aliphatic heterocycles. The minimum absolute atomic E-state index is 0.753. The lowest BCUT2D eigenvalue weighted by Gasteiger charge is -2.10. The molecule has 2 aromatic heterocycles. The Kier molecular flexibility index (Phi) is 3.25. The van der Waals surface area contributed by atoms with Crippen LogP contribution in [0.25, 0.3) is 10.9 Å². The molecule has 3 rings (SSSR count). The van der Waals surface area contributed by atoms with Gasteiger partial charge in [0, 0.05) is 49.7 Å². The molecular formula is C15H17N5. The predicted octanol–water partition coefficient (Wildman–Crippen LogP) is 2.21. The lowest BCUT2D eigenvalue weighted by Crippen LogP contribution is -2.09. The third kappa shape index (κ3) is 2.30. The molecule has 0 amide bonds. The summed E-state index contributed by atoms with van der Waals surface area (Å²) in [6, 6.07) is 7.77. The molecule has 0 radical (unpaired) electrons. The molecule has 0 saturated carbocycles. The van der Waals surface area contributed by atoms with Gasteiger partial charge in [-0.15, -0.1) is 0 Å². The molecular weight excluding hydrogens is 250 g/mol. The number of aromatic nitrogens is 3. The van der Waals surface area contributed by atoms with Crippen molar-refractivity contribution in [2.24, 2.45) is 7.05 Å². The molecule has 0 atom stereocenters. The van der Waals surface area contributed by atoms with E-state index in [9.17, 15) is 0 Å². The van der Waals surface area contributed by atoms with Gasteiger partial charge < -0.3 is 15.6 Å². The van der Waals surface area contributed by atoms with E-state index in [0.717, 1.165) is 41.1 Å². The lowest BCUT2D eigenvalue weighted by molar-refractivity contribution is 0.790. The van der Waals surface area contributed by atoms with E-state index in [4.69, 9.17) is 5.73 Å². The molecule has 1 aromatic carbocycles. The SMILES string of the molecule is Cn1ccnc1CCNc1ccc(N)c2cccnc12. The quantitative estimate of drug-likeness (QED) is 0.711. The Morgan fingerprint density at radius 2 is 2.10 bits per heavy atom. The van der Waals surface area contributed by atoms with Gasteiger partial charge in [-0.05, 0) is 24.3 Å². The van der Waals surface area contributed by atoms with E-state index >= 15 is 0 Å². The molecule has 5 heteroatoms. The van der Waals surface area contributed by atoms with Crippen molar-refractivity contribution in [2.45, 2.75) is 6.42 Å². The number of rotatable bonds is 4. The topological polar surface area (TPSA) is 68.8 Å². The number of hydrogen-bond acceptors (Lipinski definition) is 4. The lowest BCUT2D eigenvalue weighted by atomic mass is 10.1. The van der Waals surface area contributed by atoms with Crippen molar-refractivity contribution in [3.05, 3.63) is 48.7 Å². The number of benzene rings is 1. The fraction of sp³-hybridized carbons (Fsp3) is 0.200. The molecule has 0 bridgehead atoms. The largest absolute Gasteiger partial charge is 0.398 e. The number of nitrogens with zero attached hydrogens (tertiary/aromatic N) is 3. The summed E-state index contributed by atoms with van der Waals surface area (Å²) >= 11 is 0. The Balaban J connectivity index is 1.78. The number of hydrogen-bond donors (Lipinski definition) is 2. The van der Waals surface area contributed by atoms with Gasteiger partial charge in [0.15, 0.2) is 0 Å². The summed E-state index contributed by atoms with van der Waals surface area (Å²) in [5.41, 5.74) is 8.64. The Bertz CT molecular complexity index is 732. The Hall–Kier alpha value is -2.56. The van der Waals surface area contributed by atoms with Crippen LogP contribution >= 0.6 is 0 Å². The van der Waals surface area contributed by atoms with E-state index in [2.05, 4.69) is 15.3 Å². The number of anilines is 2. The van der Waals surface area contributed by atoms with E-state index < -0.39 is 0 Å². The molecule has 20 heavy (non-hydrogen) atoms. The van der Waals surface area contributed by atoms with Crippen molar-refractivity contribution in [2.75, 3.05) is 17.6 Å². The molecule has 2 heterocycles. The third-order valence-electron chi connectivity index (χ3n) is 3.39. The van der Waals surface area contributed by atoms with Gasteiger partial charge in [-0.3, -0.25) is 4.98 Å². The number of nitrogen functional groups attached to an aromatic ring is 1. The average molecular weight is 267 g/mol. The second-order valence-electron chi connectivity index (χ2n) is 4.73. The van der Waals surface area contributed by atoms with E-state index in [0.29, 0.717) is 0 Å². The number of pyridine rings is 1. The second kappa shape index (κ2) is 5.21. The highest BCUT2D eigenvalue weighted by atomic mass is 15.0. The van der Waals surface area contributed by atoms with Crippen molar-refractivity contribution in [1.29, 1.82) is 0 Å². The predicted molar refractivity (Wildman–Crippen MR) is 81.6 cm³/mol. The smallest absolute Gasteiger partial charge is 0.110 e. The van der Waals surface area contributed by atoms with Crippen molar-refractivity contribution >= 4 is 22.3 Å². The number of nitrogens with one attached hydrogen (secondary N) is 1. The van der Waals surface area contributed by atoms with Crippen LogP contribution in [0.15, 0.2) is 42.9 Å². The zero-order chi connectivity index (χ0) is 13.9. The van der Waals surface area contributed by atoms with Gasteiger partial charge in [-0.1, -0.05) is 0 Å². The monoisotopic (exact) mass is 267 g/mol.